The number of hydrogen-bond acceptors (Lipinski definition) is 4. The molecule has 0 radical (unpaired) electrons. The highest BCUT2D eigenvalue weighted by atomic mass is 16.3. The first-order valence-electron chi connectivity index (χ1n) is 7.47. The zero-order chi connectivity index (χ0) is 17.3. The summed E-state index contributed by atoms with van der Waals surface area (Å²) in [5.74, 6) is 0. The lowest BCUT2D eigenvalue weighted by Crippen LogP contribution is -2.46. The molecular weight excluding hydrogens is 308 g/mol. The largest absolute Gasteiger partial charge is 0.472 e. The summed E-state index contributed by atoms with van der Waals surface area (Å²) in [6.07, 6.45) is 7.66. The van der Waals surface area contributed by atoms with E-state index in [0.29, 0.717) is 11.3 Å². The molecule has 7 heteroatoms. The van der Waals surface area contributed by atoms with Crippen molar-refractivity contribution in [2.75, 3.05) is 0 Å². The Morgan fingerprint density at radius 3 is 2.33 bits per heavy atom. The monoisotopic (exact) mass is 326 g/mol. The Morgan fingerprint density at radius 1 is 1.08 bits per heavy atom. The van der Waals surface area contributed by atoms with Crippen LogP contribution in [-0.2, 0) is 5.41 Å². The van der Waals surface area contributed by atoms with Crippen molar-refractivity contribution in [2.24, 2.45) is 0 Å². The molecule has 0 aliphatic rings. The van der Waals surface area contributed by atoms with Crippen LogP contribution in [0.5, 0.6) is 0 Å². The smallest absolute Gasteiger partial charge is 0.272 e. The van der Waals surface area contributed by atoms with Gasteiger partial charge in [0, 0.05) is 16.7 Å². The molecule has 0 unspecified atom stereocenters. The Balaban J connectivity index is 2.15. The summed E-state index contributed by atoms with van der Waals surface area (Å²) in [6.45, 7) is 6.11. The molecule has 0 aromatic carbocycles. The van der Waals surface area contributed by atoms with E-state index in [1.165, 1.54) is 12.5 Å². The normalized spacial score (nSPS) is 13.6. The Labute approximate surface area is 136 Å². The molecule has 0 fully saturated rings. The fourth-order valence-electron chi connectivity index (χ4n) is 2.37. The van der Waals surface area contributed by atoms with Gasteiger partial charge in [-0.1, -0.05) is 20.8 Å². The maximum Gasteiger partial charge on any atom is 0.272 e. The van der Waals surface area contributed by atoms with Gasteiger partial charge in [0.25, 0.3) is 11.1 Å². The molecule has 124 valence electrons. The van der Waals surface area contributed by atoms with E-state index in [1.54, 1.807) is 24.5 Å². The van der Waals surface area contributed by atoms with Crippen molar-refractivity contribution in [3.63, 3.8) is 0 Å². The van der Waals surface area contributed by atoms with Crippen LogP contribution < -0.4 is 21.8 Å². The average molecular weight is 326 g/mol. The first kappa shape index (κ1) is 15.8. The van der Waals surface area contributed by atoms with E-state index >= 15 is 0 Å². The number of nitrogens with zero attached hydrogens (tertiary/aromatic N) is 1. The van der Waals surface area contributed by atoms with Crippen molar-refractivity contribution in [1.29, 1.82) is 0 Å². The molecule has 7 nitrogen and oxygen atoms in total. The van der Waals surface area contributed by atoms with Crippen molar-refractivity contribution >= 4 is 12.2 Å². The van der Waals surface area contributed by atoms with Crippen molar-refractivity contribution in [2.45, 2.75) is 26.2 Å². The molecule has 0 aliphatic carbocycles. The average Bonchev–Trinajstić information content (AvgIpc) is 3.14. The summed E-state index contributed by atoms with van der Waals surface area (Å²) in [6, 6.07) is 1.69. The van der Waals surface area contributed by atoms with E-state index in [2.05, 4.69) is 19.9 Å². The Kier molecular flexibility index (Phi) is 3.84. The third-order valence-electron chi connectivity index (χ3n) is 3.54. The van der Waals surface area contributed by atoms with E-state index in [1.807, 2.05) is 20.8 Å². The van der Waals surface area contributed by atoms with E-state index in [0.717, 1.165) is 5.69 Å². The number of nitrogens with one attached hydrogen (secondary N) is 3. The molecule has 0 aliphatic heterocycles. The minimum absolute atomic E-state index is 0.155. The molecule has 0 bridgehead atoms. The van der Waals surface area contributed by atoms with Crippen LogP contribution in [0.4, 0.5) is 0 Å². The van der Waals surface area contributed by atoms with E-state index in [4.69, 9.17) is 4.42 Å². The summed E-state index contributed by atoms with van der Waals surface area (Å²) >= 11 is 0. The van der Waals surface area contributed by atoms with E-state index < -0.39 is 11.1 Å². The van der Waals surface area contributed by atoms with Crippen molar-refractivity contribution < 1.29 is 4.42 Å². The number of H-pyrrole nitrogens is 3. The second kappa shape index (κ2) is 5.84. The number of rotatable bonds is 2. The summed E-state index contributed by atoms with van der Waals surface area (Å²) in [7, 11) is 0. The lowest BCUT2D eigenvalue weighted by molar-refractivity contribution is 0.567. The van der Waals surface area contributed by atoms with Crippen LogP contribution in [0.2, 0.25) is 0 Å². The number of aromatic nitrogens is 4. The van der Waals surface area contributed by atoms with Gasteiger partial charge in [-0.2, -0.15) is 0 Å². The molecule has 3 rings (SSSR count). The minimum Gasteiger partial charge on any atom is -0.472 e. The molecule has 0 saturated heterocycles. The highest BCUT2D eigenvalue weighted by Crippen LogP contribution is 2.22. The second-order valence-corrected chi connectivity index (χ2v) is 6.49. The first-order chi connectivity index (χ1) is 11.3. The first-order valence-corrected chi connectivity index (χ1v) is 7.47. The van der Waals surface area contributed by atoms with Crippen LogP contribution in [0.15, 0.2) is 38.9 Å². The van der Waals surface area contributed by atoms with Gasteiger partial charge in [-0.05, 0) is 18.2 Å². The zero-order valence-electron chi connectivity index (χ0n) is 13.6. The summed E-state index contributed by atoms with van der Waals surface area (Å²) in [5.41, 5.74) is 1.24. The van der Waals surface area contributed by atoms with Crippen molar-refractivity contribution in [1.82, 2.24) is 19.9 Å². The van der Waals surface area contributed by atoms with Gasteiger partial charge in [0.15, 0.2) is 0 Å². The van der Waals surface area contributed by atoms with Gasteiger partial charge in [0.2, 0.25) is 0 Å². The number of furan rings is 1. The maximum atomic E-state index is 12.3. The molecule has 24 heavy (non-hydrogen) atoms. The molecule has 0 spiro atoms. The maximum absolute atomic E-state index is 12.3. The summed E-state index contributed by atoms with van der Waals surface area (Å²) in [4.78, 5) is 37.0. The van der Waals surface area contributed by atoms with Crippen LogP contribution in [0.3, 0.4) is 0 Å². The lowest BCUT2D eigenvalue weighted by atomic mass is 9.90. The summed E-state index contributed by atoms with van der Waals surface area (Å²) in [5, 5.41) is 0.318. The molecule has 0 saturated carbocycles. The number of hydrogen-bond donors (Lipinski definition) is 3. The quantitative estimate of drug-likeness (QED) is 0.631. The molecule has 3 N–H and O–H groups in total. The number of imidazole rings is 1. The SMILES string of the molecule is CC(C)(C)c1[nH]cnc1/C=c1\[nH]c(=O)/c(=C/c2ccoc2)[nH]c1=O. The highest BCUT2D eigenvalue weighted by molar-refractivity contribution is 5.48. The van der Waals surface area contributed by atoms with Gasteiger partial charge in [-0.3, -0.25) is 9.59 Å². The van der Waals surface area contributed by atoms with Gasteiger partial charge in [-0.25, -0.2) is 4.98 Å². The molecule has 3 aromatic heterocycles. The van der Waals surface area contributed by atoms with Crippen molar-refractivity contribution in [3.05, 3.63) is 73.3 Å². The fourth-order valence-corrected chi connectivity index (χ4v) is 2.37. The minimum atomic E-state index is -0.396. The van der Waals surface area contributed by atoms with Crippen LogP contribution in [0.1, 0.15) is 37.7 Å². The molecule has 3 heterocycles. The van der Waals surface area contributed by atoms with Gasteiger partial charge in [0.1, 0.15) is 10.7 Å². The third-order valence-corrected chi connectivity index (χ3v) is 3.54. The Morgan fingerprint density at radius 2 is 1.75 bits per heavy atom. The molecule has 3 aromatic rings. The second-order valence-electron chi connectivity index (χ2n) is 6.49. The third kappa shape index (κ3) is 3.15. The topological polar surface area (TPSA) is 108 Å². The summed E-state index contributed by atoms with van der Waals surface area (Å²) < 4.78 is 4.94. The number of aromatic amines is 3. The molecular formula is C17H18N4O3. The van der Waals surface area contributed by atoms with Gasteiger partial charge < -0.3 is 19.4 Å². The van der Waals surface area contributed by atoms with Crippen LogP contribution in [0, 0.1) is 0 Å². The molecule has 0 amide bonds. The van der Waals surface area contributed by atoms with Gasteiger partial charge >= 0.3 is 0 Å². The van der Waals surface area contributed by atoms with E-state index in [-0.39, 0.29) is 16.1 Å². The predicted molar refractivity (Wildman–Crippen MR) is 90.1 cm³/mol. The van der Waals surface area contributed by atoms with Crippen LogP contribution in [-0.4, -0.2) is 19.9 Å². The lowest BCUT2D eigenvalue weighted by Gasteiger charge is -2.16. The Bertz CT molecular complexity index is 1080. The molecule has 0 atom stereocenters. The van der Waals surface area contributed by atoms with Gasteiger partial charge in [0.05, 0.1) is 24.5 Å². The zero-order valence-corrected chi connectivity index (χ0v) is 13.6. The van der Waals surface area contributed by atoms with E-state index in [9.17, 15) is 9.59 Å². The van der Waals surface area contributed by atoms with Crippen molar-refractivity contribution in [3.8, 4) is 0 Å². The van der Waals surface area contributed by atoms with Gasteiger partial charge in [-0.15, -0.1) is 0 Å². The predicted octanol–water partition coefficient (Wildman–Crippen LogP) is 0.334. The fraction of sp³-hybridized carbons (Fsp3) is 0.235. The highest BCUT2D eigenvalue weighted by Gasteiger charge is 2.19. The van der Waals surface area contributed by atoms with Crippen LogP contribution in [0.25, 0.3) is 12.2 Å². The standard InChI is InChI=1S/C17H18N4O3/c1-17(2,3)14-11(18-9-19-14)7-13-16(23)20-12(15(22)21-13)6-10-4-5-24-8-10/h4-9H,1-3H3,(H,18,19)(H,20,23)(H,21,22)/b12-6-,13-7-. The Hall–Kier alpha value is -3.09. The van der Waals surface area contributed by atoms with Crippen LogP contribution >= 0.6 is 0 Å².